The summed E-state index contributed by atoms with van der Waals surface area (Å²) in [5.74, 6) is 0.801. The molecule has 0 radical (unpaired) electrons. The molecular weight excluding hydrogens is 226 g/mol. The molecule has 0 aliphatic heterocycles. The molecule has 0 amide bonds. The van der Waals surface area contributed by atoms with Gasteiger partial charge in [0.1, 0.15) is 5.75 Å². The molecule has 0 fully saturated rings. The molecule has 0 aliphatic carbocycles. The van der Waals surface area contributed by atoms with Crippen molar-refractivity contribution in [1.29, 1.82) is 5.26 Å². The second-order valence-electron chi connectivity index (χ2n) is 4.31. The Kier molecular flexibility index (Phi) is 6.90. The van der Waals surface area contributed by atoms with E-state index in [1.165, 1.54) is 0 Å². The molecule has 0 aliphatic rings. The van der Waals surface area contributed by atoms with E-state index < -0.39 is 0 Å². The van der Waals surface area contributed by atoms with Gasteiger partial charge in [-0.25, -0.2) is 0 Å². The third kappa shape index (κ3) is 5.70. The van der Waals surface area contributed by atoms with Gasteiger partial charge in [0.2, 0.25) is 0 Å². The zero-order chi connectivity index (χ0) is 13.2. The van der Waals surface area contributed by atoms with Gasteiger partial charge in [-0.05, 0) is 37.6 Å². The van der Waals surface area contributed by atoms with Crippen molar-refractivity contribution in [3.8, 4) is 11.8 Å². The van der Waals surface area contributed by atoms with Crippen LogP contribution in [0.4, 0.5) is 0 Å². The van der Waals surface area contributed by atoms with Crippen LogP contribution in [0.3, 0.4) is 0 Å². The Morgan fingerprint density at radius 2 is 1.94 bits per heavy atom. The molecule has 0 aromatic heterocycles. The molecule has 1 aromatic carbocycles. The minimum absolute atomic E-state index is 0.338. The number of hydrogen-bond donors (Lipinski definition) is 0. The van der Waals surface area contributed by atoms with Crippen LogP contribution in [0.1, 0.15) is 38.7 Å². The third-order valence-electron chi connectivity index (χ3n) is 2.64. The first-order valence-electron chi connectivity index (χ1n) is 6.50. The van der Waals surface area contributed by atoms with E-state index in [9.17, 15) is 0 Å². The molecule has 0 saturated carbocycles. The highest BCUT2D eigenvalue weighted by Gasteiger charge is 2.00. The molecule has 0 spiro atoms. The lowest BCUT2D eigenvalue weighted by atomic mass is 10.2. The van der Waals surface area contributed by atoms with Gasteiger partial charge >= 0.3 is 0 Å². The van der Waals surface area contributed by atoms with Crippen molar-refractivity contribution < 1.29 is 9.47 Å². The monoisotopic (exact) mass is 247 g/mol. The van der Waals surface area contributed by atoms with Crippen LogP contribution in [0.2, 0.25) is 0 Å². The minimum Gasteiger partial charge on any atom is -0.494 e. The molecule has 0 N–H and O–H groups in total. The molecule has 3 heteroatoms. The summed E-state index contributed by atoms with van der Waals surface area (Å²) in [7, 11) is 0. The van der Waals surface area contributed by atoms with Crippen LogP contribution in [0.5, 0.6) is 5.75 Å². The standard InChI is InChI=1S/C15H21NO2/c1-3-5-13(2)17-10-4-11-18-15-8-6-14(12-16)7-9-15/h6-9,13H,3-5,10-11H2,1-2H3. The molecule has 0 heterocycles. The van der Waals surface area contributed by atoms with Gasteiger partial charge in [-0.3, -0.25) is 0 Å². The van der Waals surface area contributed by atoms with Crippen molar-refractivity contribution in [2.75, 3.05) is 13.2 Å². The summed E-state index contributed by atoms with van der Waals surface area (Å²) in [5.41, 5.74) is 0.652. The van der Waals surface area contributed by atoms with E-state index in [4.69, 9.17) is 14.7 Å². The Morgan fingerprint density at radius 3 is 2.56 bits per heavy atom. The van der Waals surface area contributed by atoms with Crippen LogP contribution in [-0.2, 0) is 4.74 Å². The van der Waals surface area contributed by atoms with Crippen molar-refractivity contribution in [3.05, 3.63) is 29.8 Å². The molecule has 98 valence electrons. The fourth-order valence-corrected chi connectivity index (χ4v) is 1.65. The van der Waals surface area contributed by atoms with Crippen LogP contribution >= 0.6 is 0 Å². The van der Waals surface area contributed by atoms with Gasteiger partial charge in [0, 0.05) is 6.42 Å². The maximum absolute atomic E-state index is 8.66. The fraction of sp³-hybridized carbons (Fsp3) is 0.533. The van der Waals surface area contributed by atoms with E-state index in [-0.39, 0.29) is 0 Å². The number of hydrogen-bond acceptors (Lipinski definition) is 3. The zero-order valence-electron chi connectivity index (χ0n) is 11.2. The van der Waals surface area contributed by atoms with Crippen LogP contribution in [-0.4, -0.2) is 19.3 Å². The number of nitrogens with zero attached hydrogens (tertiary/aromatic N) is 1. The van der Waals surface area contributed by atoms with E-state index in [2.05, 4.69) is 19.9 Å². The summed E-state index contributed by atoms with van der Waals surface area (Å²) in [6.07, 6.45) is 3.48. The normalized spacial score (nSPS) is 11.8. The second-order valence-corrected chi connectivity index (χ2v) is 4.31. The van der Waals surface area contributed by atoms with E-state index in [1.807, 2.05) is 12.1 Å². The average Bonchev–Trinajstić information content (AvgIpc) is 2.39. The topological polar surface area (TPSA) is 42.2 Å². The molecule has 0 bridgehead atoms. The predicted molar refractivity (Wildman–Crippen MR) is 71.6 cm³/mol. The minimum atomic E-state index is 0.338. The Bertz CT molecular complexity index is 367. The van der Waals surface area contributed by atoms with Gasteiger partial charge in [0.15, 0.2) is 0 Å². The quantitative estimate of drug-likeness (QED) is 0.660. The lowest BCUT2D eigenvalue weighted by molar-refractivity contribution is 0.0519. The summed E-state index contributed by atoms with van der Waals surface area (Å²) in [4.78, 5) is 0. The SMILES string of the molecule is CCCC(C)OCCCOc1ccc(C#N)cc1. The van der Waals surface area contributed by atoms with Gasteiger partial charge in [-0.1, -0.05) is 13.3 Å². The Morgan fingerprint density at radius 1 is 1.22 bits per heavy atom. The summed E-state index contributed by atoms with van der Waals surface area (Å²) in [6, 6.07) is 9.23. The number of nitriles is 1. The van der Waals surface area contributed by atoms with Crippen molar-refractivity contribution in [2.24, 2.45) is 0 Å². The van der Waals surface area contributed by atoms with E-state index in [0.717, 1.165) is 31.6 Å². The lowest BCUT2D eigenvalue weighted by Gasteiger charge is -2.12. The van der Waals surface area contributed by atoms with E-state index in [1.54, 1.807) is 12.1 Å². The largest absolute Gasteiger partial charge is 0.494 e. The van der Waals surface area contributed by atoms with Crippen LogP contribution < -0.4 is 4.74 Å². The Labute approximate surface area is 109 Å². The van der Waals surface area contributed by atoms with Crippen molar-refractivity contribution >= 4 is 0 Å². The Hall–Kier alpha value is -1.53. The van der Waals surface area contributed by atoms with Crippen molar-refractivity contribution in [2.45, 2.75) is 39.2 Å². The first-order valence-corrected chi connectivity index (χ1v) is 6.50. The second kappa shape index (κ2) is 8.54. The summed E-state index contributed by atoms with van der Waals surface area (Å²) in [5, 5.41) is 8.66. The van der Waals surface area contributed by atoms with Gasteiger partial charge in [-0.2, -0.15) is 5.26 Å². The summed E-state index contributed by atoms with van der Waals surface area (Å²) in [6.45, 7) is 5.64. The van der Waals surface area contributed by atoms with E-state index >= 15 is 0 Å². The molecule has 3 nitrogen and oxygen atoms in total. The van der Waals surface area contributed by atoms with Crippen molar-refractivity contribution in [3.63, 3.8) is 0 Å². The fourth-order valence-electron chi connectivity index (χ4n) is 1.65. The third-order valence-corrected chi connectivity index (χ3v) is 2.64. The average molecular weight is 247 g/mol. The highest BCUT2D eigenvalue weighted by atomic mass is 16.5. The van der Waals surface area contributed by atoms with Crippen LogP contribution in [0.25, 0.3) is 0 Å². The van der Waals surface area contributed by atoms with Gasteiger partial charge in [-0.15, -0.1) is 0 Å². The number of rotatable bonds is 8. The smallest absolute Gasteiger partial charge is 0.119 e. The molecule has 0 saturated heterocycles. The maximum Gasteiger partial charge on any atom is 0.119 e. The zero-order valence-corrected chi connectivity index (χ0v) is 11.2. The molecule has 18 heavy (non-hydrogen) atoms. The number of ether oxygens (including phenoxy) is 2. The summed E-state index contributed by atoms with van der Waals surface area (Å²) >= 11 is 0. The van der Waals surface area contributed by atoms with Gasteiger partial charge in [0.25, 0.3) is 0 Å². The molecule has 1 aromatic rings. The van der Waals surface area contributed by atoms with E-state index in [0.29, 0.717) is 18.3 Å². The maximum atomic E-state index is 8.66. The molecule has 1 unspecified atom stereocenters. The molecular formula is C15H21NO2. The van der Waals surface area contributed by atoms with Crippen LogP contribution in [0, 0.1) is 11.3 Å². The Balaban J connectivity index is 2.12. The first-order chi connectivity index (χ1) is 8.76. The first kappa shape index (κ1) is 14.5. The predicted octanol–water partition coefficient (Wildman–Crippen LogP) is 3.53. The van der Waals surface area contributed by atoms with Gasteiger partial charge < -0.3 is 9.47 Å². The number of benzene rings is 1. The molecule has 1 atom stereocenters. The van der Waals surface area contributed by atoms with Crippen LogP contribution in [0.15, 0.2) is 24.3 Å². The van der Waals surface area contributed by atoms with Crippen molar-refractivity contribution in [1.82, 2.24) is 0 Å². The highest BCUT2D eigenvalue weighted by Crippen LogP contribution is 2.11. The highest BCUT2D eigenvalue weighted by molar-refractivity contribution is 5.34. The summed E-state index contributed by atoms with van der Waals surface area (Å²) < 4.78 is 11.2. The lowest BCUT2D eigenvalue weighted by Crippen LogP contribution is -2.11. The van der Waals surface area contributed by atoms with Gasteiger partial charge in [0.05, 0.1) is 31.0 Å². The molecule has 1 rings (SSSR count).